The average Bonchev–Trinajstić information content (AvgIpc) is 2.64. The third-order valence-electron chi connectivity index (χ3n) is 5.24. The molecule has 2 amide bonds. The summed E-state index contributed by atoms with van der Waals surface area (Å²) in [4.78, 5) is 19.5. The van der Waals surface area contributed by atoms with Crippen LogP contribution in [0.25, 0.3) is 0 Å². The summed E-state index contributed by atoms with van der Waals surface area (Å²) in [5.41, 5.74) is 0.783. The predicted molar refractivity (Wildman–Crippen MR) is 100 cm³/mol. The number of nitrogens with zero attached hydrogens (tertiary/aromatic N) is 3. The van der Waals surface area contributed by atoms with Gasteiger partial charge in [-0.05, 0) is 37.9 Å². The van der Waals surface area contributed by atoms with Gasteiger partial charge in [0.1, 0.15) is 5.75 Å². The summed E-state index contributed by atoms with van der Waals surface area (Å²) >= 11 is 0. The van der Waals surface area contributed by atoms with Crippen molar-refractivity contribution in [2.24, 2.45) is 5.92 Å². The molecule has 1 unspecified atom stereocenters. The normalized spacial score (nSPS) is 22.6. The monoisotopic (exact) mass is 346 g/mol. The Bertz CT molecular complexity index is 572. The first kappa shape index (κ1) is 18.0. The van der Waals surface area contributed by atoms with Crippen LogP contribution in [0.3, 0.4) is 0 Å². The molecule has 0 bridgehead atoms. The van der Waals surface area contributed by atoms with Crippen LogP contribution in [0, 0.1) is 5.92 Å². The molecule has 0 spiro atoms. The van der Waals surface area contributed by atoms with Gasteiger partial charge in [0.05, 0.1) is 7.11 Å². The van der Waals surface area contributed by atoms with Crippen molar-refractivity contribution in [1.82, 2.24) is 14.7 Å². The molecule has 0 radical (unpaired) electrons. The highest BCUT2D eigenvalue weighted by Gasteiger charge is 2.26. The number of urea groups is 1. The first-order chi connectivity index (χ1) is 12.1. The Morgan fingerprint density at radius 1 is 1.24 bits per heavy atom. The summed E-state index contributed by atoms with van der Waals surface area (Å²) in [6.07, 6.45) is 2.30. The zero-order valence-electron chi connectivity index (χ0n) is 15.4. The minimum atomic E-state index is -0.00340. The quantitative estimate of drug-likeness (QED) is 0.908. The average molecular weight is 346 g/mol. The maximum absolute atomic E-state index is 12.6. The van der Waals surface area contributed by atoms with Gasteiger partial charge in [0.2, 0.25) is 0 Å². The summed E-state index contributed by atoms with van der Waals surface area (Å²) in [6.45, 7) is 7.37. The summed E-state index contributed by atoms with van der Waals surface area (Å²) < 4.78 is 5.22. The molecule has 0 aromatic heterocycles. The van der Waals surface area contributed by atoms with Gasteiger partial charge in [0.15, 0.2) is 0 Å². The van der Waals surface area contributed by atoms with Crippen LogP contribution in [0.4, 0.5) is 10.5 Å². The van der Waals surface area contributed by atoms with E-state index in [1.54, 1.807) is 7.11 Å². The number of likely N-dealkylation sites (N-methyl/N-ethyl adjacent to an activating group) is 1. The number of nitrogens with one attached hydrogen (secondary N) is 1. The standard InChI is InChI=1S/C19H30N4O2/c1-21-9-11-22(12-10-21)14-16-5-4-8-23(15-16)19(24)20-17-6-3-7-18(13-17)25-2/h3,6-7,13,16H,4-5,8-12,14-15H2,1-2H3,(H,20,24). The van der Waals surface area contributed by atoms with Crippen LogP contribution >= 0.6 is 0 Å². The molecular formula is C19H30N4O2. The number of piperazine rings is 1. The van der Waals surface area contributed by atoms with E-state index in [9.17, 15) is 4.79 Å². The number of carbonyl (C=O) groups excluding carboxylic acids is 1. The first-order valence-corrected chi connectivity index (χ1v) is 9.25. The maximum atomic E-state index is 12.6. The van der Waals surface area contributed by atoms with E-state index < -0.39 is 0 Å². The third kappa shape index (κ3) is 5.09. The van der Waals surface area contributed by atoms with E-state index in [0.29, 0.717) is 5.92 Å². The fourth-order valence-corrected chi connectivity index (χ4v) is 3.70. The molecule has 1 atom stereocenters. The second-order valence-electron chi connectivity index (χ2n) is 7.22. The van der Waals surface area contributed by atoms with Crippen molar-refractivity contribution < 1.29 is 9.53 Å². The molecule has 6 heteroatoms. The molecular weight excluding hydrogens is 316 g/mol. The second kappa shape index (κ2) is 8.54. The minimum absolute atomic E-state index is 0.00340. The lowest BCUT2D eigenvalue weighted by molar-refractivity contribution is 0.109. The van der Waals surface area contributed by atoms with Gasteiger partial charge in [-0.3, -0.25) is 0 Å². The maximum Gasteiger partial charge on any atom is 0.321 e. The summed E-state index contributed by atoms with van der Waals surface area (Å²) in [5.74, 6) is 1.33. The van der Waals surface area contributed by atoms with Crippen molar-refractivity contribution in [1.29, 1.82) is 0 Å². The van der Waals surface area contributed by atoms with Crippen molar-refractivity contribution in [3.63, 3.8) is 0 Å². The molecule has 1 N–H and O–H groups in total. The lowest BCUT2D eigenvalue weighted by Crippen LogP contribution is -2.49. The van der Waals surface area contributed by atoms with Gasteiger partial charge < -0.3 is 24.8 Å². The Labute approximate surface area is 150 Å². The van der Waals surface area contributed by atoms with Crippen molar-refractivity contribution in [2.75, 3.05) is 65.3 Å². The Balaban J connectivity index is 1.50. The van der Waals surface area contributed by atoms with E-state index in [4.69, 9.17) is 4.74 Å². The number of anilines is 1. The number of methoxy groups -OCH3 is 1. The molecule has 2 fully saturated rings. The number of hydrogen-bond donors (Lipinski definition) is 1. The fraction of sp³-hybridized carbons (Fsp3) is 0.632. The topological polar surface area (TPSA) is 48.1 Å². The highest BCUT2D eigenvalue weighted by molar-refractivity contribution is 5.89. The highest BCUT2D eigenvalue weighted by atomic mass is 16.5. The summed E-state index contributed by atoms with van der Waals surface area (Å²) in [5, 5.41) is 3.00. The molecule has 2 saturated heterocycles. The highest BCUT2D eigenvalue weighted by Crippen LogP contribution is 2.21. The van der Waals surface area contributed by atoms with Gasteiger partial charge in [-0.2, -0.15) is 0 Å². The number of carbonyl (C=O) groups is 1. The Hall–Kier alpha value is -1.79. The van der Waals surface area contributed by atoms with Crippen LogP contribution in [0.1, 0.15) is 12.8 Å². The Morgan fingerprint density at radius 3 is 2.80 bits per heavy atom. The van der Waals surface area contributed by atoms with E-state index in [2.05, 4.69) is 22.2 Å². The van der Waals surface area contributed by atoms with Gasteiger partial charge in [0.25, 0.3) is 0 Å². The number of hydrogen-bond acceptors (Lipinski definition) is 4. The zero-order chi connectivity index (χ0) is 17.6. The van der Waals surface area contributed by atoms with Crippen molar-refractivity contribution in [3.8, 4) is 5.75 Å². The van der Waals surface area contributed by atoms with E-state index in [1.807, 2.05) is 29.2 Å². The molecule has 1 aromatic rings. The second-order valence-corrected chi connectivity index (χ2v) is 7.22. The SMILES string of the molecule is COc1cccc(NC(=O)N2CCCC(CN3CCN(C)CC3)C2)c1. The minimum Gasteiger partial charge on any atom is -0.497 e. The van der Waals surface area contributed by atoms with Gasteiger partial charge in [0, 0.05) is 57.6 Å². The van der Waals surface area contributed by atoms with E-state index >= 15 is 0 Å². The van der Waals surface area contributed by atoms with Crippen molar-refractivity contribution >= 4 is 11.7 Å². The summed E-state index contributed by atoms with van der Waals surface area (Å²) in [6, 6.07) is 7.51. The number of likely N-dealkylation sites (tertiary alicyclic amines) is 1. The van der Waals surface area contributed by atoms with Crippen LogP contribution in [0.15, 0.2) is 24.3 Å². The van der Waals surface area contributed by atoms with E-state index in [-0.39, 0.29) is 6.03 Å². The van der Waals surface area contributed by atoms with Crippen LogP contribution in [0.2, 0.25) is 0 Å². The fourth-order valence-electron chi connectivity index (χ4n) is 3.70. The molecule has 0 saturated carbocycles. The van der Waals surface area contributed by atoms with Crippen LogP contribution in [-0.2, 0) is 0 Å². The summed E-state index contributed by atoms with van der Waals surface area (Å²) in [7, 11) is 3.82. The lowest BCUT2D eigenvalue weighted by Gasteiger charge is -2.38. The molecule has 25 heavy (non-hydrogen) atoms. The van der Waals surface area contributed by atoms with Crippen molar-refractivity contribution in [3.05, 3.63) is 24.3 Å². The van der Waals surface area contributed by atoms with Gasteiger partial charge in [-0.15, -0.1) is 0 Å². The molecule has 2 heterocycles. The molecule has 1 aromatic carbocycles. The largest absolute Gasteiger partial charge is 0.497 e. The Morgan fingerprint density at radius 2 is 2.04 bits per heavy atom. The number of ether oxygens (including phenoxy) is 1. The van der Waals surface area contributed by atoms with Crippen LogP contribution < -0.4 is 10.1 Å². The Kier molecular flexibility index (Phi) is 6.15. The van der Waals surface area contributed by atoms with Crippen LogP contribution in [-0.4, -0.2) is 80.7 Å². The van der Waals surface area contributed by atoms with Crippen molar-refractivity contribution in [2.45, 2.75) is 12.8 Å². The number of rotatable bonds is 4. The molecule has 6 nitrogen and oxygen atoms in total. The van der Waals surface area contributed by atoms with E-state index in [0.717, 1.165) is 63.7 Å². The molecule has 2 aliphatic heterocycles. The molecule has 3 rings (SSSR count). The third-order valence-corrected chi connectivity index (χ3v) is 5.24. The smallest absolute Gasteiger partial charge is 0.321 e. The van der Waals surface area contributed by atoms with Gasteiger partial charge in [-0.1, -0.05) is 6.07 Å². The number of benzene rings is 1. The van der Waals surface area contributed by atoms with Gasteiger partial charge >= 0.3 is 6.03 Å². The molecule has 2 aliphatic rings. The van der Waals surface area contributed by atoms with Crippen LogP contribution in [0.5, 0.6) is 5.75 Å². The predicted octanol–water partition coefficient (Wildman–Crippen LogP) is 2.19. The lowest BCUT2D eigenvalue weighted by atomic mass is 9.97. The number of amides is 2. The molecule has 0 aliphatic carbocycles. The zero-order valence-corrected chi connectivity index (χ0v) is 15.4. The first-order valence-electron chi connectivity index (χ1n) is 9.25. The van der Waals surface area contributed by atoms with E-state index in [1.165, 1.54) is 6.42 Å². The molecule has 138 valence electrons. The van der Waals surface area contributed by atoms with Gasteiger partial charge in [-0.25, -0.2) is 4.79 Å². The number of piperidine rings is 1.